The number of hydrogen-bond donors (Lipinski definition) is 1. The number of nitrogens with one attached hydrogen (secondary N) is 1. The summed E-state index contributed by atoms with van der Waals surface area (Å²) in [5.74, 6) is 1.61. The maximum atomic E-state index is 12.2. The quantitative estimate of drug-likeness (QED) is 0.760. The van der Waals surface area contributed by atoms with E-state index in [9.17, 15) is 4.79 Å². The summed E-state index contributed by atoms with van der Waals surface area (Å²) in [5, 5.41) is 3.18. The van der Waals surface area contributed by atoms with Crippen molar-refractivity contribution in [2.24, 2.45) is 11.8 Å². The van der Waals surface area contributed by atoms with Crippen molar-refractivity contribution in [3.05, 3.63) is 0 Å². The van der Waals surface area contributed by atoms with E-state index < -0.39 is 0 Å². The predicted molar refractivity (Wildman–Crippen MR) is 60.5 cm³/mol. The van der Waals surface area contributed by atoms with E-state index >= 15 is 0 Å². The summed E-state index contributed by atoms with van der Waals surface area (Å²) in [4.78, 5) is 14.3. The Morgan fingerprint density at radius 1 is 1.40 bits per heavy atom. The van der Waals surface area contributed by atoms with Gasteiger partial charge in [0.2, 0.25) is 5.91 Å². The molecule has 2 rings (SSSR count). The molecule has 1 saturated heterocycles. The van der Waals surface area contributed by atoms with Crippen LogP contribution in [0, 0.1) is 11.8 Å². The summed E-state index contributed by atoms with van der Waals surface area (Å²) in [6.45, 7) is 4.15. The molecule has 3 nitrogen and oxygen atoms in total. The predicted octanol–water partition coefficient (Wildman–Crippen LogP) is 1.24. The smallest absolute Gasteiger partial charge is 0.239 e. The third-order valence-corrected chi connectivity index (χ3v) is 3.72. The molecular weight excluding hydrogens is 188 g/mol. The van der Waals surface area contributed by atoms with Gasteiger partial charge in [0.15, 0.2) is 0 Å². The number of carbonyl (C=O) groups excluding carboxylic acids is 1. The topological polar surface area (TPSA) is 32.3 Å². The van der Waals surface area contributed by atoms with Gasteiger partial charge in [0.25, 0.3) is 0 Å². The molecule has 2 unspecified atom stereocenters. The molecule has 0 spiro atoms. The van der Waals surface area contributed by atoms with Crippen LogP contribution in [0.1, 0.15) is 32.6 Å². The Bertz CT molecular complexity index is 238. The molecular formula is C12H22N2O. The highest BCUT2D eigenvalue weighted by Crippen LogP contribution is 2.31. The Hall–Kier alpha value is -0.570. The van der Waals surface area contributed by atoms with Crippen molar-refractivity contribution in [1.82, 2.24) is 10.2 Å². The number of hydrogen-bond acceptors (Lipinski definition) is 2. The van der Waals surface area contributed by atoms with Crippen LogP contribution in [0.5, 0.6) is 0 Å². The fourth-order valence-corrected chi connectivity index (χ4v) is 2.52. The lowest BCUT2D eigenvalue weighted by Gasteiger charge is -2.26. The summed E-state index contributed by atoms with van der Waals surface area (Å²) < 4.78 is 0. The molecule has 0 aromatic carbocycles. The molecule has 1 aliphatic carbocycles. The second-order valence-corrected chi connectivity index (χ2v) is 5.11. The zero-order chi connectivity index (χ0) is 10.8. The molecule has 0 radical (unpaired) electrons. The van der Waals surface area contributed by atoms with Gasteiger partial charge in [0, 0.05) is 13.1 Å². The molecule has 2 aliphatic rings. The van der Waals surface area contributed by atoms with Crippen molar-refractivity contribution in [3.8, 4) is 0 Å². The van der Waals surface area contributed by atoms with Gasteiger partial charge in [-0.1, -0.05) is 6.92 Å². The number of likely N-dealkylation sites (N-methyl/N-ethyl adjacent to an activating group) is 1. The summed E-state index contributed by atoms with van der Waals surface area (Å²) in [7, 11) is 1.90. The number of likely N-dealkylation sites (tertiary alicyclic amines) is 1. The van der Waals surface area contributed by atoms with Gasteiger partial charge in [0.1, 0.15) is 0 Å². The van der Waals surface area contributed by atoms with Crippen LogP contribution >= 0.6 is 0 Å². The SMILES string of the molecule is CNC1C(=O)N(CC2CC2)CCCC1C. The second kappa shape index (κ2) is 4.52. The Labute approximate surface area is 92.2 Å². The lowest BCUT2D eigenvalue weighted by atomic mass is 9.98. The summed E-state index contributed by atoms with van der Waals surface area (Å²) >= 11 is 0. The Morgan fingerprint density at radius 2 is 2.13 bits per heavy atom. The van der Waals surface area contributed by atoms with Crippen molar-refractivity contribution in [2.45, 2.75) is 38.6 Å². The summed E-state index contributed by atoms with van der Waals surface area (Å²) in [6.07, 6.45) is 4.98. The van der Waals surface area contributed by atoms with Crippen LogP contribution < -0.4 is 5.32 Å². The highest BCUT2D eigenvalue weighted by molar-refractivity contribution is 5.82. The third-order valence-electron chi connectivity index (χ3n) is 3.72. The monoisotopic (exact) mass is 210 g/mol. The van der Waals surface area contributed by atoms with Crippen molar-refractivity contribution >= 4 is 5.91 Å². The molecule has 2 atom stereocenters. The molecule has 1 aliphatic heterocycles. The number of nitrogens with zero attached hydrogens (tertiary/aromatic N) is 1. The van der Waals surface area contributed by atoms with Gasteiger partial charge in [-0.3, -0.25) is 4.79 Å². The molecule has 1 amide bonds. The van der Waals surface area contributed by atoms with Crippen LogP contribution in [0.3, 0.4) is 0 Å². The van der Waals surface area contributed by atoms with E-state index in [1.54, 1.807) is 0 Å². The molecule has 0 bridgehead atoms. The Kier molecular flexibility index (Phi) is 3.29. The molecule has 1 N–H and O–H groups in total. The first-order chi connectivity index (χ1) is 7.22. The van der Waals surface area contributed by atoms with Gasteiger partial charge in [0.05, 0.1) is 6.04 Å². The zero-order valence-electron chi connectivity index (χ0n) is 9.83. The van der Waals surface area contributed by atoms with E-state index in [0.29, 0.717) is 11.8 Å². The second-order valence-electron chi connectivity index (χ2n) is 5.11. The first kappa shape index (κ1) is 10.9. The van der Waals surface area contributed by atoms with Crippen LogP contribution in [0.2, 0.25) is 0 Å². The molecule has 1 saturated carbocycles. The van der Waals surface area contributed by atoms with E-state index in [4.69, 9.17) is 0 Å². The molecule has 3 heteroatoms. The van der Waals surface area contributed by atoms with Gasteiger partial charge in [-0.2, -0.15) is 0 Å². The van der Waals surface area contributed by atoms with Crippen molar-refractivity contribution < 1.29 is 4.79 Å². The van der Waals surface area contributed by atoms with Crippen molar-refractivity contribution in [1.29, 1.82) is 0 Å². The first-order valence-electron chi connectivity index (χ1n) is 6.18. The van der Waals surface area contributed by atoms with E-state index in [1.807, 2.05) is 7.05 Å². The fraction of sp³-hybridized carbons (Fsp3) is 0.917. The average Bonchev–Trinajstić information content (AvgIpc) is 3.00. The normalized spacial score (nSPS) is 32.9. The van der Waals surface area contributed by atoms with Crippen molar-refractivity contribution in [3.63, 3.8) is 0 Å². The van der Waals surface area contributed by atoms with Crippen LogP contribution in [0.15, 0.2) is 0 Å². The van der Waals surface area contributed by atoms with Crippen LogP contribution in [0.25, 0.3) is 0 Å². The molecule has 15 heavy (non-hydrogen) atoms. The first-order valence-corrected chi connectivity index (χ1v) is 6.18. The van der Waals surface area contributed by atoms with Gasteiger partial charge in [-0.05, 0) is 44.6 Å². The maximum Gasteiger partial charge on any atom is 0.239 e. The Balaban J connectivity index is 2.00. The summed E-state index contributed by atoms with van der Waals surface area (Å²) in [5.41, 5.74) is 0. The average molecular weight is 210 g/mol. The lowest BCUT2D eigenvalue weighted by molar-refractivity contribution is -0.133. The van der Waals surface area contributed by atoms with Crippen LogP contribution in [0.4, 0.5) is 0 Å². The van der Waals surface area contributed by atoms with Crippen LogP contribution in [-0.4, -0.2) is 37.0 Å². The standard InChI is InChI=1S/C12H22N2O/c1-9-4-3-7-14(8-10-5-6-10)12(15)11(9)13-2/h9-11,13H,3-8H2,1-2H3. The van der Waals surface area contributed by atoms with E-state index in [0.717, 1.165) is 25.4 Å². The molecule has 1 heterocycles. The van der Waals surface area contributed by atoms with Gasteiger partial charge >= 0.3 is 0 Å². The maximum absolute atomic E-state index is 12.2. The van der Waals surface area contributed by atoms with Gasteiger partial charge < -0.3 is 10.2 Å². The minimum absolute atomic E-state index is 0.0475. The molecule has 2 fully saturated rings. The summed E-state index contributed by atoms with van der Waals surface area (Å²) in [6, 6.07) is 0.0475. The molecule has 0 aromatic rings. The van der Waals surface area contributed by atoms with Gasteiger partial charge in [-0.25, -0.2) is 0 Å². The van der Waals surface area contributed by atoms with E-state index in [2.05, 4.69) is 17.1 Å². The number of amides is 1. The largest absolute Gasteiger partial charge is 0.341 e. The molecule has 0 aromatic heterocycles. The van der Waals surface area contributed by atoms with Crippen LogP contribution in [-0.2, 0) is 4.79 Å². The van der Waals surface area contributed by atoms with E-state index in [1.165, 1.54) is 19.3 Å². The molecule has 86 valence electrons. The lowest BCUT2D eigenvalue weighted by Crippen LogP contribution is -2.47. The highest BCUT2D eigenvalue weighted by Gasteiger charge is 2.33. The highest BCUT2D eigenvalue weighted by atomic mass is 16.2. The minimum atomic E-state index is 0.0475. The number of rotatable bonds is 3. The third kappa shape index (κ3) is 2.51. The minimum Gasteiger partial charge on any atom is -0.341 e. The fourth-order valence-electron chi connectivity index (χ4n) is 2.52. The van der Waals surface area contributed by atoms with Crippen molar-refractivity contribution in [2.75, 3.05) is 20.1 Å². The zero-order valence-corrected chi connectivity index (χ0v) is 9.83. The number of carbonyl (C=O) groups is 1. The van der Waals surface area contributed by atoms with Gasteiger partial charge in [-0.15, -0.1) is 0 Å². The van der Waals surface area contributed by atoms with E-state index in [-0.39, 0.29) is 6.04 Å². The Morgan fingerprint density at radius 3 is 2.73 bits per heavy atom.